The Morgan fingerprint density at radius 3 is 2.79 bits per heavy atom. The van der Waals surface area contributed by atoms with Gasteiger partial charge in [0, 0.05) is 5.56 Å². The number of rotatable bonds is 1. The lowest BCUT2D eigenvalue weighted by atomic mass is 10.0. The Kier molecular flexibility index (Phi) is 2.71. The Balaban J connectivity index is 2.45. The number of nitrogens with zero attached hydrogens (tertiary/aromatic N) is 1. The zero-order valence-corrected chi connectivity index (χ0v) is 10.7. The lowest BCUT2D eigenvalue weighted by molar-refractivity contribution is 1.00. The molecule has 1 aliphatic rings. The van der Waals surface area contributed by atoms with Crippen molar-refractivity contribution in [2.24, 2.45) is 4.99 Å². The van der Waals surface area contributed by atoms with Crippen molar-refractivity contribution < 1.29 is 0 Å². The van der Waals surface area contributed by atoms with Crippen LogP contribution in [0.1, 0.15) is 19.4 Å². The Morgan fingerprint density at radius 1 is 1.43 bits per heavy atom. The van der Waals surface area contributed by atoms with Gasteiger partial charge in [0.2, 0.25) is 0 Å². The van der Waals surface area contributed by atoms with Gasteiger partial charge in [-0.05, 0) is 18.7 Å². The fourth-order valence-corrected chi connectivity index (χ4v) is 3.19. The van der Waals surface area contributed by atoms with Crippen LogP contribution < -0.4 is 0 Å². The van der Waals surface area contributed by atoms with Gasteiger partial charge in [-0.3, -0.25) is 0 Å². The van der Waals surface area contributed by atoms with Gasteiger partial charge in [0.25, 0.3) is 0 Å². The van der Waals surface area contributed by atoms with Crippen molar-refractivity contribution in [1.29, 1.82) is 0 Å². The molecule has 0 saturated heterocycles. The molecule has 2 rings (SSSR count). The van der Waals surface area contributed by atoms with E-state index in [-0.39, 0.29) is 4.32 Å². The summed E-state index contributed by atoms with van der Waals surface area (Å²) >= 11 is 5.56. The van der Waals surface area contributed by atoms with Gasteiger partial charge in [0.15, 0.2) is 0 Å². The highest BCUT2D eigenvalue weighted by molar-refractivity contribution is 9.10. The zero-order valence-electron chi connectivity index (χ0n) is 8.25. The van der Waals surface area contributed by atoms with Crippen molar-refractivity contribution in [1.82, 2.24) is 0 Å². The molecule has 1 heterocycles. The highest BCUT2D eigenvalue weighted by atomic mass is 79.9. The SMILES string of the molecule is CCSC1=Nc2ccccc2C1(C)Br. The van der Waals surface area contributed by atoms with Crippen LogP contribution in [0.25, 0.3) is 0 Å². The summed E-state index contributed by atoms with van der Waals surface area (Å²) in [6.45, 7) is 4.32. The number of alkyl halides is 1. The molecule has 0 fully saturated rings. The second kappa shape index (κ2) is 3.70. The van der Waals surface area contributed by atoms with E-state index in [1.54, 1.807) is 11.8 Å². The van der Waals surface area contributed by atoms with Crippen LogP contribution in [0.2, 0.25) is 0 Å². The third-order valence-corrected chi connectivity index (χ3v) is 4.44. The maximum absolute atomic E-state index is 4.63. The third kappa shape index (κ3) is 1.52. The molecule has 0 N–H and O–H groups in total. The number of benzene rings is 1. The molecule has 1 aromatic rings. The molecule has 1 atom stereocenters. The van der Waals surface area contributed by atoms with E-state index in [1.807, 2.05) is 6.07 Å². The van der Waals surface area contributed by atoms with Crippen molar-refractivity contribution >= 4 is 38.4 Å². The van der Waals surface area contributed by atoms with E-state index in [4.69, 9.17) is 0 Å². The molecule has 0 aromatic heterocycles. The fraction of sp³-hybridized carbons (Fsp3) is 0.364. The van der Waals surface area contributed by atoms with E-state index in [0.717, 1.165) is 11.4 Å². The van der Waals surface area contributed by atoms with Crippen LogP contribution in [-0.2, 0) is 4.32 Å². The van der Waals surface area contributed by atoms with Crippen LogP contribution in [0.3, 0.4) is 0 Å². The van der Waals surface area contributed by atoms with Crippen molar-refractivity contribution in [3.8, 4) is 0 Å². The summed E-state index contributed by atoms with van der Waals surface area (Å²) in [5, 5.41) is 1.17. The number of para-hydroxylation sites is 1. The lowest BCUT2D eigenvalue weighted by Gasteiger charge is -2.18. The summed E-state index contributed by atoms with van der Waals surface area (Å²) in [6, 6.07) is 8.30. The Labute approximate surface area is 97.1 Å². The Bertz CT molecular complexity index is 385. The number of hydrogen-bond acceptors (Lipinski definition) is 2. The van der Waals surface area contributed by atoms with E-state index in [2.05, 4.69) is 53.0 Å². The maximum Gasteiger partial charge on any atom is 0.0979 e. The molecule has 74 valence electrons. The molecule has 1 aromatic carbocycles. The number of thioether (sulfide) groups is 1. The number of fused-ring (bicyclic) bond motifs is 1. The van der Waals surface area contributed by atoms with Crippen LogP contribution in [0.15, 0.2) is 29.3 Å². The minimum Gasteiger partial charge on any atom is -0.244 e. The predicted molar refractivity (Wildman–Crippen MR) is 67.9 cm³/mol. The minimum absolute atomic E-state index is 0.0791. The maximum atomic E-state index is 4.63. The average molecular weight is 270 g/mol. The molecule has 0 bridgehead atoms. The normalized spacial score (nSPS) is 24.6. The van der Waals surface area contributed by atoms with Gasteiger partial charge in [-0.2, -0.15) is 0 Å². The van der Waals surface area contributed by atoms with E-state index in [0.29, 0.717) is 0 Å². The molecule has 0 aliphatic carbocycles. The first-order chi connectivity index (χ1) is 6.66. The highest BCUT2D eigenvalue weighted by Gasteiger charge is 2.36. The number of halogens is 1. The number of hydrogen-bond donors (Lipinski definition) is 0. The first-order valence-electron chi connectivity index (χ1n) is 4.66. The van der Waals surface area contributed by atoms with Crippen molar-refractivity contribution in [2.75, 3.05) is 5.75 Å². The number of aliphatic imine (C=N–C) groups is 1. The first-order valence-corrected chi connectivity index (χ1v) is 6.44. The van der Waals surface area contributed by atoms with Gasteiger partial charge in [-0.1, -0.05) is 41.1 Å². The zero-order chi connectivity index (χ0) is 10.2. The molecule has 0 saturated carbocycles. The van der Waals surface area contributed by atoms with Crippen molar-refractivity contribution in [3.63, 3.8) is 0 Å². The molecule has 1 aliphatic heterocycles. The summed E-state index contributed by atoms with van der Waals surface area (Å²) in [5.41, 5.74) is 2.37. The summed E-state index contributed by atoms with van der Waals surface area (Å²) in [6.07, 6.45) is 0. The summed E-state index contributed by atoms with van der Waals surface area (Å²) in [4.78, 5) is 4.63. The highest BCUT2D eigenvalue weighted by Crippen LogP contribution is 2.47. The standard InChI is InChI=1S/C11H12BrNS/c1-3-14-10-11(2,12)8-6-4-5-7-9(8)13-10/h4-7H,3H2,1-2H3. The van der Waals surface area contributed by atoms with Crippen LogP contribution >= 0.6 is 27.7 Å². The first kappa shape index (κ1) is 10.2. The van der Waals surface area contributed by atoms with Crippen LogP contribution in [0.5, 0.6) is 0 Å². The lowest BCUT2D eigenvalue weighted by Crippen LogP contribution is -2.18. The molecular weight excluding hydrogens is 258 g/mol. The molecular formula is C11H12BrNS. The van der Waals surface area contributed by atoms with E-state index in [9.17, 15) is 0 Å². The minimum atomic E-state index is -0.0791. The van der Waals surface area contributed by atoms with Gasteiger partial charge >= 0.3 is 0 Å². The fourth-order valence-electron chi connectivity index (χ4n) is 1.60. The molecule has 14 heavy (non-hydrogen) atoms. The Hall–Kier alpha value is -0.280. The summed E-state index contributed by atoms with van der Waals surface area (Å²) in [5.74, 6) is 1.06. The van der Waals surface area contributed by atoms with E-state index >= 15 is 0 Å². The van der Waals surface area contributed by atoms with E-state index in [1.165, 1.54) is 10.6 Å². The smallest absolute Gasteiger partial charge is 0.0979 e. The van der Waals surface area contributed by atoms with Gasteiger partial charge in [0.1, 0.15) is 0 Å². The Morgan fingerprint density at radius 2 is 2.14 bits per heavy atom. The average Bonchev–Trinajstić information content (AvgIpc) is 2.41. The van der Waals surface area contributed by atoms with Gasteiger partial charge in [-0.15, -0.1) is 11.8 Å². The van der Waals surface area contributed by atoms with Crippen molar-refractivity contribution in [3.05, 3.63) is 29.8 Å². The molecule has 1 unspecified atom stereocenters. The topological polar surface area (TPSA) is 12.4 Å². The van der Waals surface area contributed by atoms with Crippen molar-refractivity contribution in [2.45, 2.75) is 18.2 Å². The second-order valence-corrected chi connectivity index (χ2v) is 6.21. The van der Waals surface area contributed by atoms with Crippen LogP contribution in [0.4, 0.5) is 5.69 Å². The van der Waals surface area contributed by atoms with E-state index < -0.39 is 0 Å². The predicted octanol–water partition coefficient (Wildman–Crippen LogP) is 4.09. The third-order valence-electron chi connectivity index (χ3n) is 2.31. The molecule has 0 amide bonds. The monoisotopic (exact) mass is 269 g/mol. The summed E-state index contributed by atoms with van der Waals surface area (Å²) < 4.78 is -0.0791. The van der Waals surface area contributed by atoms with Gasteiger partial charge in [-0.25, -0.2) is 4.99 Å². The van der Waals surface area contributed by atoms with Gasteiger partial charge < -0.3 is 0 Å². The second-order valence-electron chi connectivity index (χ2n) is 3.37. The van der Waals surface area contributed by atoms with Crippen LogP contribution in [-0.4, -0.2) is 10.8 Å². The van der Waals surface area contributed by atoms with Crippen LogP contribution in [0, 0.1) is 0 Å². The molecule has 0 radical (unpaired) electrons. The quantitative estimate of drug-likeness (QED) is 0.700. The molecule has 3 heteroatoms. The largest absolute Gasteiger partial charge is 0.244 e. The molecule has 0 spiro atoms. The summed E-state index contributed by atoms with van der Waals surface area (Å²) in [7, 11) is 0. The van der Waals surface area contributed by atoms with Gasteiger partial charge in [0.05, 0.1) is 15.1 Å². The molecule has 1 nitrogen and oxygen atoms in total.